The summed E-state index contributed by atoms with van der Waals surface area (Å²) in [6.07, 6.45) is -0.447. The minimum atomic E-state index is -1.62. The van der Waals surface area contributed by atoms with Crippen molar-refractivity contribution >= 4 is 12.1 Å². The number of amides is 1. The molecule has 0 aromatic heterocycles. The average Bonchev–Trinajstić information content (AvgIpc) is 2.68. The van der Waals surface area contributed by atoms with Crippen molar-refractivity contribution in [1.82, 2.24) is 5.48 Å². The monoisotopic (exact) mass is 451 g/mol. The summed E-state index contributed by atoms with van der Waals surface area (Å²) in [5, 5.41) is 0. The highest BCUT2D eigenvalue weighted by Gasteiger charge is 2.50. The molecule has 1 aliphatic rings. The van der Waals surface area contributed by atoms with Crippen LogP contribution in [0.5, 0.6) is 5.75 Å². The van der Waals surface area contributed by atoms with Crippen LogP contribution in [0.25, 0.3) is 0 Å². The van der Waals surface area contributed by atoms with E-state index in [1.807, 2.05) is 18.2 Å². The predicted molar refractivity (Wildman–Crippen MR) is 120 cm³/mol. The molecule has 9 heteroatoms. The highest BCUT2D eigenvalue weighted by Crippen LogP contribution is 2.35. The van der Waals surface area contributed by atoms with Gasteiger partial charge >= 0.3 is 12.1 Å². The Hall–Kier alpha value is -2.36. The summed E-state index contributed by atoms with van der Waals surface area (Å²) in [6.45, 7) is 12.3. The van der Waals surface area contributed by atoms with E-state index in [4.69, 9.17) is 30.5 Å². The largest absolute Gasteiger partial charge is 0.486 e. The number of benzene rings is 1. The van der Waals surface area contributed by atoms with Crippen molar-refractivity contribution in [3.05, 3.63) is 29.3 Å². The number of rotatable bonds is 6. The normalized spacial score (nSPS) is 19.1. The van der Waals surface area contributed by atoms with Gasteiger partial charge in [0.2, 0.25) is 5.60 Å². The summed E-state index contributed by atoms with van der Waals surface area (Å²) in [5.41, 5.74) is 12.7. The standard InChI is InChI=1S/C23H37N3O6/c1-21(2,3)30-19(27)23(7,32-26-20(28)31-22(4,5)6)18-11-9-15-12-14(16(25)13-24)8-10-17(15)29-18/h8,10,12,16,18H,9,11,13,24-25H2,1-7H3,(H,26,28)/t16?,18-,23+/m1/s1. The van der Waals surface area contributed by atoms with Crippen LogP contribution in [0.3, 0.4) is 0 Å². The number of nitrogens with two attached hydrogens (primary N) is 2. The number of hydrogen-bond donors (Lipinski definition) is 3. The molecule has 1 unspecified atom stereocenters. The van der Waals surface area contributed by atoms with Crippen LogP contribution in [-0.4, -0.2) is 41.5 Å². The van der Waals surface area contributed by atoms with Crippen LogP contribution in [0.1, 0.15) is 72.1 Å². The van der Waals surface area contributed by atoms with Gasteiger partial charge in [-0.3, -0.25) is 0 Å². The van der Waals surface area contributed by atoms with Gasteiger partial charge in [-0.05, 0) is 78.5 Å². The zero-order valence-electron chi connectivity index (χ0n) is 20.1. The third-order valence-electron chi connectivity index (χ3n) is 4.88. The van der Waals surface area contributed by atoms with Gasteiger partial charge in [0.15, 0.2) is 0 Å². The Labute approximate surface area is 190 Å². The third kappa shape index (κ3) is 6.82. The van der Waals surface area contributed by atoms with Crippen LogP contribution in [0, 0.1) is 0 Å². The Morgan fingerprint density at radius 1 is 1.12 bits per heavy atom. The van der Waals surface area contributed by atoms with E-state index in [-0.39, 0.29) is 6.04 Å². The Bertz CT molecular complexity index is 830. The number of hydrogen-bond acceptors (Lipinski definition) is 8. The molecule has 0 saturated carbocycles. The third-order valence-corrected chi connectivity index (χ3v) is 4.88. The quantitative estimate of drug-likeness (QED) is 0.444. The molecule has 3 atom stereocenters. The number of carbonyl (C=O) groups is 2. The van der Waals surface area contributed by atoms with Crippen molar-refractivity contribution in [2.24, 2.45) is 11.5 Å². The molecule has 180 valence electrons. The molecule has 5 N–H and O–H groups in total. The Morgan fingerprint density at radius 3 is 2.31 bits per heavy atom. The second-order valence-corrected chi connectivity index (χ2v) is 10.2. The van der Waals surface area contributed by atoms with Gasteiger partial charge in [-0.25, -0.2) is 14.4 Å². The summed E-state index contributed by atoms with van der Waals surface area (Å²) in [4.78, 5) is 30.9. The van der Waals surface area contributed by atoms with Gasteiger partial charge in [-0.15, -0.1) is 0 Å². The fourth-order valence-electron chi connectivity index (χ4n) is 3.23. The molecule has 9 nitrogen and oxygen atoms in total. The number of hydroxylamine groups is 1. The Morgan fingerprint density at radius 2 is 1.75 bits per heavy atom. The summed E-state index contributed by atoms with van der Waals surface area (Å²) in [5.74, 6) is -0.0406. The zero-order chi connectivity index (χ0) is 24.3. The summed E-state index contributed by atoms with van der Waals surface area (Å²) in [7, 11) is 0. The number of esters is 1. The molecule has 1 aromatic rings. The molecule has 1 aliphatic heterocycles. The predicted octanol–water partition coefficient (Wildman–Crippen LogP) is 2.90. The lowest BCUT2D eigenvalue weighted by Gasteiger charge is -2.39. The molecule has 2 rings (SSSR count). The van der Waals surface area contributed by atoms with E-state index in [0.717, 1.165) is 11.1 Å². The van der Waals surface area contributed by atoms with Crippen molar-refractivity contribution in [2.45, 2.75) is 90.3 Å². The van der Waals surface area contributed by atoms with Crippen LogP contribution in [0.15, 0.2) is 18.2 Å². The molecule has 1 aromatic carbocycles. The number of fused-ring (bicyclic) bond motifs is 1. The lowest BCUT2D eigenvalue weighted by Crippen LogP contribution is -2.58. The lowest BCUT2D eigenvalue weighted by molar-refractivity contribution is -0.205. The van der Waals surface area contributed by atoms with E-state index < -0.39 is 35.0 Å². The molecule has 0 aliphatic carbocycles. The number of aryl methyl sites for hydroxylation is 1. The number of carbonyl (C=O) groups excluding carboxylic acids is 2. The number of ether oxygens (including phenoxy) is 3. The van der Waals surface area contributed by atoms with Crippen molar-refractivity contribution in [2.75, 3.05) is 6.54 Å². The van der Waals surface area contributed by atoms with Crippen molar-refractivity contribution in [3.8, 4) is 5.75 Å². The molecule has 0 fully saturated rings. The molecule has 1 amide bonds. The zero-order valence-corrected chi connectivity index (χ0v) is 20.1. The van der Waals surface area contributed by atoms with Crippen LogP contribution in [-0.2, 0) is 25.5 Å². The minimum absolute atomic E-state index is 0.258. The second-order valence-electron chi connectivity index (χ2n) is 10.2. The van der Waals surface area contributed by atoms with E-state index >= 15 is 0 Å². The molecule has 0 radical (unpaired) electrons. The van der Waals surface area contributed by atoms with Crippen LogP contribution < -0.4 is 21.7 Å². The summed E-state index contributed by atoms with van der Waals surface area (Å²) in [6, 6.07) is 5.37. The topological polar surface area (TPSA) is 135 Å². The van der Waals surface area contributed by atoms with Crippen molar-refractivity contribution in [3.63, 3.8) is 0 Å². The summed E-state index contributed by atoms with van der Waals surface area (Å²) < 4.78 is 16.9. The maximum absolute atomic E-state index is 13.1. The van der Waals surface area contributed by atoms with Gasteiger partial charge in [0.1, 0.15) is 23.1 Å². The smallest absolute Gasteiger partial charge is 0.431 e. The highest BCUT2D eigenvalue weighted by atomic mass is 16.7. The van der Waals surface area contributed by atoms with Crippen molar-refractivity contribution < 1.29 is 28.6 Å². The lowest BCUT2D eigenvalue weighted by atomic mass is 9.89. The second kappa shape index (κ2) is 9.64. The van der Waals surface area contributed by atoms with E-state index in [2.05, 4.69) is 5.48 Å². The summed E-state index contributed by atoms with van der Waals surface area (Å²) >= 11 is 0. The van der Waals surface area contributed by atoms with Crippen LogP contribution in [0.2, 0.25) is 0 Å². The molecule has 1 heterocycles. The Kier molecular flexibility index (Phi) is 7.80. The first-order valence-electron chi connectivity index (χ1n) is 10.8. The first-order valence-corrected chi connectivity index (χ1v) is 10.8. The molecular weight excluding hydrogens is 414 g/mol. The first-order chi connectivity index (χ1) is 14.6. The number of nitrogens with one attached hydrogen (secondary N) is 1. The SMILES string of the molecule is CC(C)(C)OC(=O)NO[C@](C)(C(=O)OC(C)(C)C)[C@H]1CCc2cc(C(N)CN)ccc2O1. The average molecular weight is 452 g/mol. The van der Waals surface area contributed by atoms with Crippen LogP contribution in [0.4, 0.5) is 4.79 Å². The van der Waals surface area contributed by atoms with Gasteiger partial charge in [-0.2, -0.15) is 5.48 Å². The fraction of sp³-hybridized carbons (Fsp3) is 0.652. The molecule has 0 spiro atoms. The molecule has 32 heavy (non-hydrogen) atoms. The van der Waals surface area contributed by atoms with Crippen LogP contribution >= 0.6 is 0 Å². The molecular formula is C23H37N3O6. The maximum atomic E-state index is 13.1. The highest BCUT2D eigenvalue weighted by molar-refractivity contribution is 5.81. The van der Waals surface area contributed by atoms with E-state index in [9.17, 15) is 9.59 Å². The van der Waals surface area contributed by atoms with Gasteiger partial charge < -0.3 is 25.7 Å². The van der Waals surface area contributed by atoms with Gasteiger partial charge in [0.05, 0.1) is 0 Å². The van der Waals surface area contributed by atoms with E-state index in [1.54, 1.807) is 41.5 Å². The minimum Gasteiger partial charge on any atom is -0.486 e. The Balaban J connectivity index is 2.26. The van der Waals surface area contributed by atoms with E-state index in [1.165, 1.54) is 6.92 Å². The maximum Gasteiger partial charge on any atom is 0.431 e. The van der Waals surface area contributed by atoms with E-state index in [0.29, 0.717) is 25.1 Å². The van der Waals surface area contributed by atoms with Crippen molar-refractivity contribution in [1.29, 1.82) is 0 Å². The molecule has 0 bridgehead atoms. The van der Waals surface area contributed by atoms with Gasteiger partial charge in [0, 0.05) is 12.6 Å². The van der Waals surface area contributed by atoms with Gasteiger partial charge in [-0.1, -0.05) is 12.1 Å². The fourth-order valence-corrected chi connectivity index (χ4v) is 3.23. The first kappa shape index (κ1) is 25.9. The van der Waals surface area contributed by atoms with Gasteiger partial charge in [0.25, 0.3) is 0 Å². The molecule has 0 saturated heterocycles.